The largest absolute Gasteiger partial charge is 0.471 e. The van der Waals surface area contributed by atoms with Crippen LogP contribution in [0.2, 0.25) is 10.0 Å². The summed E-state index contributed by atoms with van der Waals surface area (Å²) in [5.41, 5.74) is 0.0467. The molecule has 0 atom stereocenters. The van der Waals surface area contributed by atoms with Crippen LogP contribution in [0.3, 0.4) is 0 Å². The first-order chi connectivity index (χ1) is 12.1. The van der Waals surface area contributed by atoms with Crippen LogP contribution in [0, 0.1) is 0 Å². The van der Waals surface area contributed by atoms with Gasteiger partial charge in [0.15, 0.2) is 0 Å². The number of halogens is 5. The maximum absolute atomic E-state index is 12.7. The standard InChI is InChI=1S/C15H7Cl2F3N2O3S/c16-11-5-4-10(7-12(11)17)26(23,24)9-3-1-2-8(6-9)13-21-14(25-22-13)15(18,19)20/h1-7H. The smallest absolute Gasteiger partial charge is 0.329 e. The summed E-state index contributed by atoms with van der Waals surface area (Å²) in [5, 5.41) is 3.47. The van der Waals surface area contributed by atoms with E-state index in [1.54, 1.807) is 0 Å². The Bertz CT molecular complexity index is 1080. The molecular weight excluding hydrogens is 416 g/mol. The van der Waals surface area contributed by atoms with Gasteiger partial charge in [0.2, 0.25) is 15.7 Å². The molecule has 11 heteroatoms. The lowest BCUT2D eigenvalue weighted by Crippen LogP contribution is -2.05. The number of hydrogen-bond acceptors (Lipinski definition) is 5. The zero-order valence-electron chi connectivity index (χ0n) is 12.5. The first kappa shape index (κ1) is 18.7. The van der Waals surface area contributed by atoms with Crippen molar-refractivity contribution in [3.63, 3.8) is 0 Å². The van der Waals surface area contributed by atoms with Crippen LogP contribution < -0.4 is 0 Å². The maximum Gasteiger partial charge on any atom is 0.471 e. The van der Waals surface area contributed by atoms with Gasteiger partial charge in [0, 0.05) is 5.56 Å². The van der Waals surface area contributed by atoms with Crippen molar-refractivity contribution < 1.29 is 26.1 Å². The van der Waals surface area contributed by atoms with Gasteiger partial charge in [-0.2, -0.15) is 18.2 Å². The van der Waals surface area contributed by atoms with Gasteiger partial charge in [0.1, 0.15) is 0 Å². The summed E-state index contributed by atoms with van der Waals surface area (Å²) in [7, 11) is -3.98. The molecule has 0 radical (unpaired) electrons. The van der Waals surface area contributed by atoms with Crippen LogP contribution in [0.4, 0.5) is 13.2 Å². The van der Waals surface area contributed by atoms with E-state index >= 15 is 0 Å². The third-order valence-corrected chi connectivity index (χ3v) is 5.76. The molecule has 0 saturated carbocycles. The number of benzene rings is 2. The van der Waals surface area contributed by atoms with Gasteiger partial charge in [-0.3, -0.25) is 0 Å². The number of aromatic nitrogens is 2. The van der Waals surface area contributed by atoms with Crippen LogP contribution >= 0.6 is 23.2 Å². The molecule has 0 fully saturated rings. The predicted octanol–water partition coefficient (Wildman–Crippen LogP) is 4.90. The Morgan fingerprint density at radius 3 is 2.27 bits per heavy atom. The number of nitrogens with zero attached hydrogens (tertiary/aromatic N) is 2. The van der Waals surface area contributed by atoms with E-state index in [4.69, 9.17) is 23.2 Å². The van der Waals surface area contributed by atoms with Gasteiger partial charge < -0.3 is 4.52 Å². The van der Waals surface area contributed by atoms with E-state index in [2.05, 4.69) is 14.7 Å². The fourth-order valence-corrected chi connectivity index (χ4v) is 3.73. The van der Waals surface area contributed by atoms with Crippen LogP contribution in [-0.2, 0) is 16.0 Å². The molecule has 0 aliphatic carbocycles. The van der Waals surface area contributed by atoms with Gasteiger partial charge in [0.05, 0.1) is 19.8 Å². The van der Waals surface area contributed by atoms with Gasteiger partial charge >= 0.3 is 12.1 Å². The van der Waals surface area contributed by atoms with Crippen molar-refractivity contribution in [3.8, 4) is 11.4 Å². The molecule has 1 aromatic heterocycles. The van der Waals surface area contributed by atoms with E-state index in [9.17, 15) is 21.6 Å². The van der Waals surface area contributed by atoms with Crippen molar-refractivity contribution in [2.45, 2.75) is 16.0 Å². The zero-order valence-corrected chi connectivity index (χ0v) is 14.8. The lowest BCUT2D eigenvalue weighted by atomic mass is 10.2. The molecule has 3 rings (SSSR count). The van der Waals surface area contributed by atoms with Crippen molar-refractivity contribution in [2.24, 2.45) is 0 Å². The van der Waals surface area contributed by atoms with Crippen LogP contribution in [0.15, 0.2) is 56.8 Å². The summed E-state index contributed by atoms with van der Waals surface area (Å²) in [5.74, 6) is -1.91. The highest BCUT2D eigenvalue weighted by atomic mass is 35.5. The fraction of sp³-hybridized carbons (Fsp3) is 0.0667. The normalized spacial score (nSPS) is 12.3. The van der Waals surface area contributed by atoms with Gasteiger partial charge in [0.25, 0.3) is 0 Å². The SMILES string of the molecule is O=S(=O)(c1cccc(-c2noc(C(F)(F)F)n2)c1)c1ccc(Cl)c(Cl)c1. The van der Waals surface area contributed by atoms with Gasteiger partial charge in [-0.05, 0) is 30.3 Å². The van der Waals surface area contributed by atoms with E-state index < -0.39 is 21.9 Å². The molecule has 26 heavy (non-hydrogen) atoms. The summed E-state index contributed by atoms with van der Waals surface area (Å²) >= 11 is 11.6. The second-order valence-electron chi connectivity index (χ2n) is 5.03. The molecule has 0 spiro atoms. The molecule has 0 saturated heterocycles. The molecule has 2 aromatic carbocycles. The monoisotopic (exact) mass is 422 g/mol. The molecule has 0 N–H and O–H groups in total. The van der Waals surface area contributed by atoms with Gasteiger partial charge in [-0.25, -0.2) is 8.42 Å². The lowest BCUT2D eigenvalue weighted by Gasteiger charge is -2.07. The topological polar surface area (TPSA) is 73.1 Å². The highest BCUT2D eigenvalue weighted by molar-refractivity contribution is 7.91. The molecule has 136 valence electrons. The Balaban J connectivity index is 2.04. The van der Waals surface area contributed by atoms with Crippen molar-refractivity contribution in [2.75, 3.05) is 0 Å². The minimum Gasteiger partial charge on any atom is -0.329 e. The van der Waals surface area contributed by atoms with E-state index in [-0.39, 0.29) is 31.2 Å². The van der Waals surface area contributed by atoms with Crippen LogP contribution in [0.1, 0.15) is 5.89 Å². The zero-order chi connectivity index (χ0) is 19.1. The second kappa shape index (κ2) is 6.57. The molecule has 0 amide bonds. The Kier molecular flexibility index (Phi) is 4.72. The Morgan fingerprint density at radius 1 is 0.962 bits per heavy atom. The molecule has 0 aliphatic heterocycles. The number of hydrogen-bond donors (Lipinski definition) is 0. The minimum absolute atomic E-state index is 0.0467. The minimum atomic E-state index is -4.80. The highest BCUT2D eigenvalue weighted by Gasteiger charge is 2.38. The number of rotatable bonds is 3. The maximum atomic E-state index is 12.7. The second-order valence-corrected chi connectivity index (χ2v) is 7.79. The van der Waals surface area contributed by atoms with Crippen molar-refractivity contribution >= 4 is 33.0 Å². The van der Waals surface area contributed by atoms with Crippen molar-refractivity contribution in [1.82, 2.24) is 10.1 Å². The number of sulfone groups is 1. The fourth-order valence-electron chi connectivity index (χ4n) is 2.04. The molecule has 5 nitrogen and oxygen atoms in total. The molecule has 3 aromatic rings. The van der Waals surface area contributed by atoms with Crippen molar-refractivity contribution in [1.29, 1.82) is 0 Å². The first-order valence-electron chi connectivity index (χ1n) is 6.80. The van der Waals surface area contributed by atoms with E-state index in [1.165, 1.54) is 36.4 Å². The third-order valence-electron chi connectivity index (χ3n) is 3.27. The van der Waals surface area contributed by atoms with Crippen LogP contribution in [0.25, 0.3) is 11.4 Å². The van der Waals surface area contributed by atoms with Crippen molar-refractivity contribution in [3.05, 3.63) is 58.4 Å². The summed E-state index contributed by atoms with van der Waals surface area (Å²) in [6.45, 7) is 0. The van der Waals surface area contributed by atoms with E-state index in [0.29, 0.717) is 0 Å². The third kappa shape index (κ3) is 3.55. The molecule has 0 unspecified atom stereocenters. The van der Waals surface area contributed by atoms with Gasteiger partial charge in [-0.15, -0.1) is 0 Å². The summed E-state index contributed by atoms with van der Waals surface area (Å²) in [6.07, 6.45) is -4.80. The summed E-state index contributed by atoms with van der Waals surface area (Å²) in [4.78, 5) is 2.95. The average molecular weight is 423 g/mol. The van der Waals surface area contributed by atoms with E-state index in [0.717, 1.165) is 6.07 Å². The van der Waals surface area contributed by atoms with Crippen LogP contribution in [-0.4, -0.2) is 18.6 Å². The molecule has 0 bridgehead atoms. The molecule has 0 aliphatic rings. The summed E-state index contributed by atoms with van der Waals surface area (Å²) < 4.78 is 67.2. The quantitative estimate of drug-likeness (QED) is 0.600. The Morgan fingerprint density at radius 2 is 1.65 bits per heavy atom. The average Bonchev–Trinajstić information content (AvgIpc) is 3.08. The predicted molar refractivity (Wildman–Crippen MR) is 86.6 cm³/mol. The Hall–Kier alpha value is -2.10. The number of alkyl halides is 3. The molecular formula is C15H7Cl2F3N2O3S. The molecule has 1 heterocycles. The summed E-state index contributed by atoms with van der Waals surface area (Å²) in [6, 6.07) is 8.92. The van der Waals surface area contributed by atoms with E-state index in [1.807, 2.05) is 0 Å². The highest BCUT2D eigenvalue weighted by Crippen LogP contribution is 2.32. The van der Waals surface area contributed by atoms with Crippen LogP contribution in [0.5, 0.6) is 0 Å². The Labute approximate surface area is 155 Å². The first-order valence-corrected chi connectivity index (χ1v) is 9.04. The van der Waals surface area contributed by atoms with Gasteiger partial charge in [-0.1, -0.05) is 40.5 Å². The lowest BCUT2D eigenvalue weighted by molar-refractivity contribution is -0.159.